The van der Waals surface area contributed by atoms with Gasteiger partial charge in [-0.05, 0) is 66.9 Å². The van der Waals surface area contributed by atoms with Gasteiger partial charge < -0.3 is 24.8 Å². The number of nitrogens with one attached hydrogen (secondary N) is 2. The van der Waals surface area contributed by atoms with Crippen LogP contribution in [0.4, 0.5) is 10.5 Å². The highest BCUT2D eigenvalue weighted by Gasteiger charge is 2.11. The molecule has 0 aliphatic carbocycles. The van der Waals surface area contributed by atoms with Gasteiger partial charge in [0.15, 0.2) is 6.61 Å². The molecule has 3 rings (SSSR count). The number of aryl methyl sites for hydroxylation is 1. The predicted octanol–water partition coefficient (Wildman–Crippen LogP) is 5.12. The normalized spacial score (nSPS) is 10.3. The SMILES string of the molecule is CCCc1ccc(OCC(=O)Nc2ccccc2CNC(=O)c2ccc(OC(=O)OCC)cc2)cc1. The van der Waals surface area contributed by atoms with Crippen LogP contribution in [0.5, 0.6) is 11.5 Å². The lowest BCUT2D eigenvalue weighted by molar-refractivity contribution is -0.118. The molecule has 188 valence electrons. The molecule has 0 spiro atoms. The number of amides is 2. The Hall–Kier alpha value is -4.33. The van der Waals surface area contributed by atoms with Gasteiger partial charge in [0.1, 0.15) is 11.5 Å². The van der Waals surface area contributed by atoms with Gasteiger partial charge in [-0.3, -0.25) is 9.59 Å². The molecule has 2 N–H and O–H groups in total. The highest BCUT2D eigenvalue weighted by atomic mass is 16.7. The van der Waals surface area contributed by atoms with E-state index in [9.17, 15) is 14.4 Å². The Labute approximate surface area is 210 Å². The molecule has 3 aromatic rings. The Bertz CT molecular complexity index is 1160. The van der Waals surface area contributed by atoms with Crippen LogP contribution in [-0.2, 0) is 22.5 Å². The summed E-state index contributed by atoms with van der Waals surface area (Å²) in [5.74, 6) is 0.290. The molecule has 0 radical (unpaired) electrons. The third-order valence-electron chi connectivity index (χ3n) is 5.14. The highest BCUT2D eigenvalue weighted by Crippen LogP contribution is 2.17. The zero-order chi connectivity index (χ0) is 25.8. The van der Waals surface area contributed by atoms with Crippen LogP contribution in [0.25, 0.3) is 0 Å². The minimum Gasteiger partial charge on any atom is -0.484 e. The van der Waals surface area contributed by atoms with E-state index in [1.807, 2.05) is 36.4 Å². The van der Waals surface area contributed by atoms with Crippen molar-refractivity contribution in [3.63, 3.8) is 0 Å². The van der Waals surface area contributed by atoms with E-state index in [-0.39, 0.29) is 37.3 Å². The number of hydrogen-bond acceptors (Lipinski definition) is 6. The zero-order valence-corrected chi connectivity index (χ0v) is 20.4. The summed E-state index contributed by atoms with van der Waals surface area (Å²) >= 11 is 0. The van der Waals surface area contributed by atoms with Gasteiger partial charge in [0.05, 0.1) is 6.61 Å². The fraction of sp³-hybridized carbons (Fsp3) is 0.250. The van der Waals surface area contributed by atoms with Crippen molar-refractivity contribution in [1.29, 1.82) is 0 Å². The fourth-order valence-corrected chi connectivity index (χ4v) is 3.37. The second-order valence-electron chi connectivity index (χ2n) is 7.88. The molecule has 0 aromatic heterocycles. The van der Waals surface area contributed by atoms with Gasteiger partial charge in [-0.25, -0.2) is 4.79 Å². The number of carbonyl (C=O) groups is 3. The van der Waals surface area contributed by atoms with E-state index in [1.54, 1.807) is 31.2 Å². The first-order valence-corrected chi connectivity index (χ1v) is 11.8. The van der Waals surface area contributed by atoms with Gasteiger partial charge in [-0.1, -0.05) is 43.7 Å². The summed E-state index contributed by atoms with van der Waals surface area (Å²) in [5.41, 5.74) is 2.95. The Kier molecular flexibility index (Phi) is 9.88. The van der Waals surface area contributed by atoms with Gasteiger partial charge >= 0.3 is 6.16 Å². The largest absolute Gasteiger partial charge is 0.513 e. The van der Waals surface area contributed by atoms with Crippen molar-refractivity contribution in [3.8, 4) is 11.5 Å². The highest BCUT2D eigenvalue weighted by molar-refractivity contribution is 5.95. The molecule has 0 saturated heterocycles. The summed E-state index contributed by atoms with van der Waals surface area (Å²) in [7, 11) is 0. The first-order chi connectivity index (χ1) is 17.5. The van der Waals surface area contributed by atoms with Crippen molar-refractivity contribution in [1.82, 2.24) is 5.32 Å². The summed E-state index contributed by atoms with van der Waals surface area (Å²) in [4.78, 5) is 36.4. The molecule has 0 bridgehead atoms. The molecular formula is C28H30N2O6. The quantitative estimate of drug-likeness (QED) is 0.286. The lowest BCUT2D eigenvalue weighted by Crippen LogP contribution is -2.25. The van der Waals surface area contributed by atoms with E-state index in [2.05, 4.69) is 17.6 Å². The Morgan fingerprint density at radius 2 is 1.53 bits per heavy atom. The van der Waals surface area contributed by atoms with Crippen LogP contribution in [-0.4, -0.2) is 31.2 Å². The molecule has 0 fully saturated rings. The second kappa shape index (κ2) is 13.5. The standard InChI is InChI=1S/C28H30N2O6/c1-3-7-20-10-14-23(15-11-20)35-19-26(31)30-25-9-6-5-8-22(25)18-29-27(32)21-12-16-24(17-13-21)36-28(33)34-4-2/h5-6,8-17H,3-4,7,18-19H2,1-2H3,(H,29,32)(H,30,31). The lowest BCUT2D eigenvalue weighted by atomic mass is 10.1. The molecule has 0 unspecified atom stereocenters. The number of benzene rings is 3. The van der Waals surface area contributed by atoms with Crippen LogP contribution in [0.3, 0.4) is 0 Å². The van der Waals surface area contributed by atoms with Crippen molar-refractivity contribution >= 4 is 23.7 Å². The number of para-hydroxylation sites is 1. The summed E-state index contributed by atoms with van der Waals surface area (Å²) in [6.45, 7) is 4.09. The maximum absolute atomic E-state index is 12.6. The maximum Gasteiger partial charge on any atom is 0.513 e. The molecule has 3 aromatic carbocycles. The van der Waals surface area contributed by atoms with Crippen molar-refractivity contribution < 1.29 is 28.6 Å². The Morgan fingerprint density at radius 3 is 2.22 bits per heavy atom. The summed E-state index contributed by atoms with van der Waals surface area (Å²) in [6.07, 6.45) is 1.27. The topological polar surface area (TPSA) is 103 Å². The van der Waals surface area contributed by atoms with Crippen LogP contribution in [0.2, 0.25) is 0 Å². The Morgan fingerprint density at radius 1 is 0.833 bits per heavy atom. The third kappa shape index (κ3) is 8.16. The summed E-state index contributed by atoms with van der Waals surface area (Å²) in [5, 5.41) is 5.67. The average Bonchev–Trinajstić information content (AvgIpc) is 2.88. The maximum atomic E-state index is 12.6. The van der Waals surface area contributed by atoms with Crippen LogP contribution in [0, 0.1) is 0 Å². The van der Waals surface area contributed by atoms with E-state index in [4.69, 9.17) is 14.2 Å². The van der Waals surface area contributed by atoms with Crippen LogP contribution >= 0.6 is 0 Å². The molecule has 0 heterocycles. The van der Waals surface area contributed by atoms with E-state index in [0.717, 1.165) is 18.4 Å². The molecule has 8 heteroatoms. The minimum atomic E-state index is -0.802. The molecule has 2 amide bonds. The fourth-order valence-electron chi connectivity index (χ4n) is 3.37. The average molecular weight is 491 g/mol. The van der Waals surface area contributed by atoms with E-state index in [1.165, 1.54) is 17.7 Å². The van der Waals surface area contributed by atoms with Gasteiger partial charge in [-0.15, -0.1) is 0 Å². The first kappa shape index (κ1) is 26.3. The smallest absolute Gasteiger partial charge is 0.484 e. The number of rotatable bonds is 11. The van der Waals surface area contributed by atoms with E-state index >= 15 is 0 Å². The molecular weight excluding hydrogens is 460 g/mol. The molecule has 0 aliphatic rings. The van der Waals surface area contributed by atoms with E-state index in [0.29, 0.717) is 17.0 Å². The molecule has 0 atom stereocenters. The summed E-state index contributed by atoms with van der Waals surface area (Å²) < 4.78 is 15.3. The molecule has 0 aliphatic heterocycles. The van der Waals surface area contributed by atoms with Gasteiger partial charge in [0.25, 0.3) is 11.8 Å². The van der Waals surface area contributed by atoms with E-state index < -0.39 is 6.16 Å². The minimum absolute atomic E-state index is 0.131. The molecule has 0 saturated carbocycles. The van der Waals surface area contributed by atoms with Crippen LogP contribution in [0.1, 0.15) is 41.8 Å². The second-order valence-corrected chi connectivity index (χ2v) is 7.88. The van der Waals surface area contributed by atoms with Crippen molar-refractivity contribution in [2.24, 2.45) is 0 Å². The Balaban J connectivity index is 1.51. The third-order valence-corrected chi connectivity index (χ3v) is 5.14. The predicted molar refractivity (Wildman–Crippen MR) is 136 cm³/mol. The van der Waals surface area contributed by atoms with Gasteiger partial charge in [-0.2, -0.15) is 0 Å². The first-order valence-electron chi connectivity index (χ1n) is 11.8. The zero-order valence-electron chi connectivity index (χ0n) is 20.4. The van der Waals surface area contributed by atoms with Crippen LogP contribution < -0.4 is 20.1 Å². The number of ether oxygens (including phenoxy) is 3. The lowest BCUT2D eigenvalue weighted by Gasteiger charge is -2.13. The molecule has 36 heavy (non-hydrogen) atoms. The van der Waals surface area contributed by atoms with Crippen LogP contribution in [0.15, 0.2) is 72.8 Å². The summed E-state index contributed by atoms with van der Waals surface area (Å²) in [6, 6.07) is 21.0. The van der Waals surface area contributed by atoms with Crippen molar-refractivity contribution in [2.45, 2.75) is 33.2 Å². The van der Waals surface area contributed by atoms with Gasteiger partial charge in [0.2, 0.25) is 0 Å². The number of hydrogen-bond donors (Lipinski definition) is 2. The van der Waals surface area contributed by atoms with Crippen molar-refractivity contribution in [3.05, 3.63) is 89.5 Å². The number of anilines is 1. The van der Waals surface area contributed by atoms with Gasteiger partial charge in [0, 0.05) is 17.8 Å². The monoisotopic (exact) mass is 490 g/mol. The number of carbonyl (C=O) groups excluding carboxylic acids is 3. The van der Waals surface area contributed by atoms with Crippen molar-refractivity contribution in [2.75, 3.05) is 18.5 Å². The molecule has 8 nitrogen and oxygen atoms in total.